The molecule has 0 saturated carbocycles. The van der Waals surface area contributed by atoms with Gasteiger partial charge in [0.1, 0.15) is 10.8 Å². The highest BCUT2D eigenvalue weighted by Gasteiger charge is 2.35. The number of rotatable bonds is 6. The minimum Gasteiger partial charge on any atom is -0.497 e. The molecule has 0 radical (unpaired) electrons. The molecular weight excluding hydrogens is 391 g/mol. The van der Waals surface area contributed by atoms with Crippen molar-refractivity contribution in [1.82, 2.24) is 15.3 Å². The maximum absolute atomic E-state index is 13.0. The van der Waals surface area contributed by atoms with Gasteiger partial charge >= 0.3 is 6.18 Å². The Kier molecular flexibility index (Phi) is 6.03. The molecule has 0 unspecified atom stereocenters. The van der Waals surface area contributed by atoms with Crippen LogP contribution < -0.4 is 10.1 Å². The fourth-order valence-electron chi connectivity index (χ4n) is 2.45. The molecule has 3 aromatic rings. The van der Waals surface area contributed by atoms with Crippen LogP contribution in [0, 0.1) is 0 Å². The van der Waals surface area contributed by atoms with Crippen LogP contribution in [0.25, 0.3) is 10.9 Å². The van der Waals surface area contributed by atoms with Crippen LogP contribution in [0.3, 0.4) is 0 Å². The highest BCUT2D eigenvalue weighted by atomic mass is 32.2. The topological polar surface area (TPSA) is 64.1 Å². The maximum atomic E-state index is 13.0. The third-order valence-electron chi connectivity index (χ3n) is 3.79. The number of nitrogens with one attached hydrogen (secondary N) is 1. The highest BCUT2D eigenvalue weighted by Crippen LogP contribution is 2.31. The van der Waals surface area contributed by atoms with Gasteiger partial charge in [-0.25, -0.2) is 9.97 Å². The van der Waals surface area contributed by atoms with E-state index in [1.165, 1.54) is 6.07 Å². The zero-order chi connectivity index (χ0) is 20.1. The van der Waals surface area contributed by atoms with Crippen molar-refractivity contribution in [1.29, 1.82) is 0 Å². The number of ether oxygens (including phenoxy) is 1. The van der Waals surface area contributed by atoms with E-state index in [-0.39, 0.29) is 28.7 Å². The van der Waals surface area contributed by atoms with Gasteiger partial charge in [-0.3, -0.25) is 4.79 Å². The molecule has 0 aliphatic carbocycles. The van der Waals surface area contributed by atoms with Crippen LogP contribution in [0.15, 0.2) is 53.6 Å². The molecule has 0 fully saturated rings. The molecule has 9 heteroatoms. The number of hydrogen-bond acceptors (Lipinski definition) is 5. The fourth-order valence-corrected chi connectivity index (χ4v) is 3.30. The van der Waals surface area contributed by atoms with Crippen molar-refractivity contribution in [3.63, 3.8) is 0 Å². The van der Waals surface area contributed by atoms with E-state index in [1.54, 1.807) is 43.5 Å². The van der Waals surface area contributed by atoms with Gasteiger partial charge in [-0.15, -0.1) is 0 Å². The molecule has 0 saturated heterocycles. The molecule has 1 aromatic heterocycles. The number of para-hydroxylation sites is 1. The SMILES string of the molecule is COc1cccc(CNC(=O)CSc2nc(C(F)(F)F)nc3ccccc23)c1. The third kappa shape index (κ3) is 4.92. The van der Waals surface area contributed by atoms with Gasteiger partial charge in [-0.05, 0) is 23.8 Å². The second-order valence-corrected chi connectivity index (χ2v) is 6.75. The Morgan fingerprint density at radius 3 is 2.68 bits per heavy atom. The Hall–Kier alpha value is -2.81. The summed E-state index contributed by atoms with van der Waals surface area (Å²) in [4.78, 5) is 19.3. The molecule has 1 N–H and O–H groups in total. The number of alkyl halides is 3. The van der Waals surface area contributed by atoms with Crippen molar-refractivity contribution in [3.8, 4) is 5.75 Å². The number of nitrogens with zero attached hydrogens (tertiary/aromatic N) is 2. The molecule has 2 aromatic carbocycles. The van der Waals surface area contributed by atoms with Gasteiger partial charge in [-0.1, -0.05) is 42.1 Å². The monoisotopic (exact) mass is 407 g/mol. The average molecular weight is 407 g/mol. The van der Waals surface area contributed by atoms with E-state index in [1.807, 2.05) is 6.07 Å². The molecule has 0 aliphatic heterocycles. The second kappa shape index (κ2) is 8.47. The Labute approximate surface area is 163 Å². The summed E-state index contributed by atoms with van der Waals surface area (Å²) >= 11 is 0.943. The van der Waals surface area contributed by atoms with Crippen LogP contribution in [0.4, 0.5) is 13.2 Å². The van der Waals surface area contributed by atoms with Gasteiger partial charge in [0.25, 0.3) is 0 Å². The first-order valence-corrected chi connectivity index (χ1v) is 9.22. The van der Waals surface area contributed by atoms with Gasteiger partial charge in [0.05, 0.1) is 18.4 Å². The number of amides is 1. The zero-order valence-corrected chi connectivity index (χ0v) is 15.6. The molecule has 3 rings (SSSR count). The molecule has 146 valence electrons. The quantitative estimate of drug-likeness (QED) is 0.493. The van der Waals surface area contributed by atoms with E-state index in [0.717, 1.165) is 17.3 Å². The van der Waals surface area contributed by atoms with Gasteiger partial charge in [0, 0.05) is 11.9 Å². The first-order chi connectivity index (χ1) is 13.4. The zero-order valence-electron chi connectivity index (χ0n) is 14.8. The van der Waals surface area contributed by atoms with E-state index in [2.05, 4.69) is 15.3 Å². The summed E-state index contributed by atoms with van der Waals surface area (Å²) in [7, 11) is 1.55. The number of benzene rings is 2. The molecule has 0 bridgehead atoms. The minimum atomic E-state index is -4.66. The fraction of sp³-hybridized carbons (Fsp3) is 0.211. The van der Waals surface area contributed by atoms with E-state index in [0.29, 0.717) is 11.1 Å². The number of carbonyl (C=O) groups excluding carboxylic acids is 1. The molecule has 0 atom stereocenters. The van der Waals surface area contributed by atoms with Crippen LogP contribution in [0.2, 0.25) is 0 Å². The van der Waals surface area contributed by atoms with Crippen LogP contribution in [-0.2, 0) is 17.5 Å². The number of methoxy groups -OCH3 is 1. The van der Waals surface area contributed by atoms with Crippen LogP contribution in [-0.4, -0.2) is 28.7 Å². The summed E-state index contributed by atoms with van der Waals surface area (Å²) in [6.07, 6.45) is -4.66. The number of fused-ring (bicyclic) bond motifs is 1. The number of halogens is 3. The van der Waals surface area contributed by atoms with Crippen molar-refractivity contribution >= 4 is 28.6 Å². The highest BCUT2D eigenvalue weighted by molar-refractivity contribution is 8.00. The summed E-state index contributed by atoms with van der Waals surface area (Å²) in [5, 5.41) is 3.33. The van der Waals surface area contributed by atoms with Crippen molar-refractivity contribution in [3.05, 3.63) is 59.9 Å². The number of hydrogen-bond donors (Lipinski definition) is 1. The van der Waals surface area contributed by atoms with Crippen LogP contribution >= 0.6 is 11.8 Å². The smallest absolute Gasteiger partial charge is 0.451 e. The van der Waals surface area contributed by atoms with Gasteiger partial charge in [0.15, 0.2) is 0 Å². The average Bonchev–Trinajstić information content (AvgIpc) is 2.69. The van der Waals surface area contributed by atoms with E-state index >= 15 is 0 Å². The summed E-state index contributed by atoms with van der Waals surface area (Å²) in [5.74, 6) is -0.926. The first-order valence-electron chi connectivity index (χ1n) is 8.23. The molecule has 5 nitrogen and oxygen atoms in total. The van der Waals surface area contributed by atoms with Crippen molar-refractivity contribution < 1.29 is 22.7 Å². The lowest BCUT2D eigenvalue weighted by Gasteiger charge is -2.10. The molecule has 0 spiro atoms. The predicted octanol–water partition coefficient (Wildman–Crippen LogP) is 4.07. The summed E-state index contributed by atoms with van der Waals surface area (Å²) < 4.78 is 44.2. The van der Waals surface area contributed by atoms with E-state index in [4.69, 9.17) is 4.74 Å². The lowest BCUT2D eigenvalue weighted by molar-refractivity contribution is -0.145. The van der Waals surface area contributed by atoms with E-state index in [9.17, 15) is 18.0 Å². The Morgan fingerprint density at radius 1 is 1.14 bits per heavy atom. The van der Waals surface area contributed by atoms with E-state index < -0.39 is 12.0 Å². The standard InChI is InChI=1S/C19H16F3N3O2S/c1-27-13-6-4-5-12(9-13)10-23-16(26)11-28-17-14-7-2-3-8-15(14)24-18(25-17)19(20,21)22/h2-9H,10-11H2,1H3,(H,23,26). The molecular formula is C19H16F3N3O2S. The Morgan fingerprint density at radius 2 is 1.93 bits per heavy atom. The lowest BCUT2D eigenvalue weighted by atomic mass is 10.2. The largest absolute Gasteiger partial charge is 0.497 e. The number of carbonyl (C=O) groups is 1. The van der Waals surface area contributed by atoms with Crippen molar-refractivity contribution in [2.75, 3.05) is 12.9 Å². The van der Waals surface area contributed by atoms with Crippen molar-refractivity contribution in [2.45, 2.75) is 17.7 Å². The molecule has 1 heterocycles. The van der Waals surface area contributed by atoms with Gasteiger partial charge < -0.3 is 10.1 Å². The summed E-state index contributed by atoms with van der Waals surface area (Å²) in [6, 6.07) is 13.6. The minimum absolute atomic E-state index is 0.0672. The normalized spacial score (nSPS) is 11.4. The molecule has 1 amide bonds. The van der Waals surface area contributed by atoms with Gasteiger partial charge in [0.2, 0.25) is 11.7 Å². The van der Waals surface area contributed by atoms with Crippen molar-refractivity contribution in [2.24, 2.45) is 0 Å². The number of thioether (sulfide) groups is 1. The van der Waals surface area contributed by atoms with Crippen LogP contribution in [0.1, 0.15) is 11.4 Å². The van der Waals surface area contributed by atoms with Crippen LogP contribution in [0.5, 0.6) is 5.75 Å². The Balaban J connectivity index is 1.69. The molecule has 28 heavy (non-hydrogen) atoms. The summed E-state index contributed by atoms with van der Waals surface area (Å²) in [5.41, 5.74) is 1.04. The first kappa shape index (κ1) is 19.9. The lowest BCUT2D eigenvalue weighted by Crippen LogP contribution is -2.24. The third-order valence-corrected chi connectivity index (χ3v) is 4.78. The maximum Gasteiger partial charge on any atom is 0.451 e. The second-order valence-electron chi connectivity index (χ2n) is 5.78. The number of aromatic nitrogens is 2. The van der Waals surface area contributed by atoms with Gasteiger partial charge in [-0.2, -0.15) is 13.2 Å². The Bertz CT molecular complexity index is 996. The predicted molar refractivity (Wildman–Crippen MR) is 100 cm³/mol. The summed E-state index contributed by atoms with van der Waals surface area (Å²) in [6.45, 7) is 0.287. The molecule has 0 aliphatic rings.